The van der Waals surface area contributed by atoms with Crippen LogP contribution in [0.15, 0.2) is 6.20 Å². The molecule has 0 spiro atoms. The van der Waals surface area contributed by atoms with E-state index in [1.54, 1.807) is 4.68 Å². The number of likely N-dealkylation sites (tertiary alicyclic amines) is 1. The van der Waals surface area contributed by atoms with Gasteiger partial charge in [-0.15, -0.1) is 5.10 Å². The Kier molecular flexibility index (Phi) is 6.62. The molecule has 0 unspecified atom stereocenters. The van der Waals surface area contributed by atoms with Crippen LogP contribution in [0.2, 0.25) is 0 Å². The third-order valence-corrected chi connectivity index (χ3v) is 3.66. The third kappa shape index (κ3) is 5.43. The number of hydrogen-bond donors (Lipinski definition) is 2. The summed E-state index contributed by atoms with van der Waals surface area (Å²) in [6.07, 6.45) is 6.61. The van der Waals surface area contributed by atoms with Crippen molar-refractivity contribution in [3.63, 3.8) is 0 Å². The van der Waals surface area contributed by atoms with Gasteiger partial charge in [-0.3, -0.25) is 9.48 Å². The van der Waals surface area contributed by atoms with Crippen molar-refractivity contribution < 1.29 is 9.90 Å². The third-order valence-electron chi connectivity index (χ3n) is 3.66. The van der Waals surface area contributed by atoms with Crippen molar-refractivity contribution in [2.24, 2.45) is 0 Å². The molecule has 1 amide bonds. The predicted octanol–water partition coefficient (Wildman–Crippen LogP) is 0.153. The van der Waals surface area contributed by atoms with E-state index >= 15 is 0 Å². The molecule has 7 heteroatoms. The van der Waals surface area contributed by atoms with Crippen molar-refractivity contribution in [3.05, 3.63) is 11.9 Å². The fourth-order valence-corrected chi connectivity index (χ4v) is 2.47. The van der Waals surface area contributed by atoms with Crippen molar-refractivity contribution in [2.75, 3.05) is 26.2 Å². The largest absolute Gasteiger partial charge is 0.396 e. The first-order valence-electron chi connectivity index (χ1n) is 7.78. The number of aryl methyl sites for hydroxylation is 1. The lowest BCUT2D eigenvalue weighted by Gasteiger charge is -2.26. The monoisotopic (exact) mass is 295 g/mol. The van der Waals surface area contributed by atoms with Crippen LogP contribution in [-0.4, -0.2) is 57.1 Å². The number of aliphatic hydroxyl groups excluding tert-OH is 1. The fraction of sp³-hybridized carbons (Fsp3) is 0.786. The first kappa shape index (κ1) is 15.9. The smallest absolute Gasteiger partial charge is 0.223 e. The molecule has 7 nitrogen and oxygen atoms in total. The van der Waals surface area contributed by atoms with Crippen molar-refractivity contribution in [1.82, 2.24) is 25.2 Å². The summed E-state index contributed by atoms with van der Waals surface area (Å²) in [5.74, 6) is 0.244. The summed E-state index contributed by atoms with van der Waals surface area (Å²) in [7, 11) is 0. The number of carbonyl (C=O) groups excluding carboxylic acids is 1. The molecule has 1 saturated heterocycles. The number of carbonyl (C=O) groups is 1. The van der Waals surface area contributed by atoms with Gasteiger partial charge in [-0.2, -0.15) is 0 Å². The Labute approximate surface area is 125 Å². The highest BCUT2D eigenvalue weighted by molar-refractivity contribution is 5.76. The number of hydrogen-bond acceptors (Lipinski definition) is 5. The minimum absolute atomic E-state index is 0.159. The Bertz CT molecular complexity index is 429. The molecule has 0 saturated carbocycles. The van der Waals surface area contributed by atoms with Crippen LogP contribution < -0.4 is 5.32 Å². The fourth-order valence-electron chi connectivity index (χ4n) is 2.47. The molecule has 1 aliphatic rings. The second-order valence-corrected chi connectivity index (χ2v) is 5.42. The van der Waals surface area contributed by atoms with E-state index in [4.69, 9.17) is 5.11 Å². The number of nitrogens with zero attached hydrogens (tertiary/aromatic N) is 4. The van der Waals surface area contributed by atoms with Gasteiger partial charge in [0, 0.05) is 51.9 Å². The molecule has 0 aromatic carbocycles. The molecule has 1 aliphatic heterocycles. The number of rotatable bonds is 8. The van der Waals surface area contributed by atoms with Crippen LogP contribution in [0, 0.1) is 0 Å². The van der Waals surface area contributed by atoms with Crippen molar-refractivity contribution in [2.45, 2.75) is 45.2 Å². The molecule has 2 rings (SSSR count). The second kappa shape index (κ2) is 8.74. The summed E-state index contributed by atoms with van der Waals surface area (Å²) in [6.45, 7) is 3.95. The molecule has 1 fully saturated rings. The van der Waals surface area contributed by atoms with Crippen LogP contribution in [0.3, 0.4) is 0 Å². The van der Waals surface area contributed by atoms with Gasteiger partial charge in [-0.1, -0.05) is 5.21 Å². The van der Waals surface area contributed by atoms with E-state index < -0.39 is 0 Å². The van der Waals surface area contributed by atoms with Crippen LogP contribution in [0.4, 0.5) is 0 Å². The Morgan fingerprint density at radius 2 is 2.14 bits per heavy atom. The number of piperidine rings is 1. The van der Waals surface area contributed by atoms with Gasteiger partial charge in [0.2, 0.25) is 5.91 Å². The van der Waals surface area contributed by atoms with Gasteiger partial charge in [-0.05, 0) is 25.7 Å². The topological polar surface area (TPSA) is 83.3 Å². The summed E-state index contributed by atoms with van der Waals surface area (Å²) < 4.78 is 1.73. The van der Waals surface area contributed by atoms with Crippen LogP contribution in [0.1, 0.15) is 37.8 Å². The van der Waals surface area contributed by atoms with Gasteiger partial charge in [-0.25, -0.2) is 0 Å². The molecule has 2 heterocycles. The van der Waals surface area contributed by atoms with Crippen LogP contribution in [0.25, 0.3) is 0 Å². The van der Waals surface area contributed by atoms with Gasteiger partial charge < -0.3 is 15.3 Å². The van der Waals surface area contributed by atoms with Gasteiger partial charge in [0.15, 0.2) is 0 Å². The molecule has 0 atom stereocenters. The maximum Gasteiger partial charge on any atom is 0.223 e. The molecule has 1 aromatic heterocycles. The Morgan fingerprint density at radius 1 is 1.33 bits per heavy atom. The number of aliphatic hydroxyl groups is 1. The van der Waals surface area contributed by atoms with Crippen molar-refractivity contribution >= 4 is 5.91 Å². The molecule has 0 radical (unpaired) electrons. The molecule has 1 aromatic rings. The molecular weight excluding hydrogens is 270 g/mol. The summed E-state index contributed by atoms with van der Waals surface area (Å²) in [6, 6.07) is 0. The Morgan fingerprint density at radius 3 is 2.90 bits per heavy atom. The van der Waals surface area contributed by atoms with E-state index in [2.05, 4.69) is 15.6 Å². The number of amides is 1. The molecule has 21 heavy (non-hydrogen) atoms. The van der Waals surface area contributed by atoms with Gasteiger partial charge in [0.05, 0.1) is 5.69 Å². The Balaban J connectivity index is 1.60. The highest BCUT2D eigenvalue weighted by Crippen LogP contribution is 2.09. The Hall–Kier alpha value is -1.47. The van der Waals surface area contributed by atoms with Gasteiger partial charge in [0.25, 0.3) is 0 Å². The first-order valence-corrected chi connectivity index (χ1v) is 7.78. The van der Waals surface area contributed by atoms with E-state index in [0.717, 1.165) is 31.6 Å². The minimum atomic E-state index is 0.159. The summed E-state index contributed by atoms with van der Waals surface area (Å²) >= 11 is 0. The maximum atomic E-state index is 12.0. The average Bonchev–Trinajstić information content (AvgIpc) is 2.98. The molecule has 118 valence electrons. The van der Waals surface area contributed by atoms with E-state index in [9.17, 15) is 4.79 Å². The minimum Gasteiger partial charge on any atom is -0.396 e. The normalized spacial score (nSPS) is 15.4. The molecule has 0 aliphatic carbocycles. The summed E-state index contributed by atoms with van der Waals surface area (Å²) in [5, 5.41) is 20.0. The summed E-state index contributed by atoms with van der Waals surface area (Å²) in [5.41, 5.74) is 0.860. The zero-order chi connectivity index (χ0) is 14.9. The van der Waals surface area contributed by atoms with Crippen LogP contribution in [0.5, 0.6) is 0 Å². The van der Waals surface area contributed by atoms with Crippen LogP contribution in [-0.2, 0) is 17.9 Å². The highest BCUT2D eigenvalue weighted by Gasteiger charge is 2.15. The van der Waals surface area contributed by atoms with Crippen molar-refractivity contribution in [3.8, 4) is 0 Å². The quantitative estimate of drug-likeness (QED) is 0.667. The number of nitrogens with one attached hydrogen (secondary N) is 1. The van der Waals surface area contributed by atoms with E-state index in [1.807, 2.05) is 11.1 Å². The van der Waals surface area contributed by atoms with Gasteiger partial charge >= 0.3 is 0 Å². The highest BCUT2D eigenvalue weighted by atomic mass is 16.3. The summed E-state index contributed by atoms with van der Waals surface area (Å²) in [4.78, 5) is 13.9. The molecule has 0 bridgehead atoms. The molecule has 2 N–H and O–H groups in total. The predicted molar refractivity (Wildman–Crippen MR) is 78.5 cm³/mol. The maximum absolute atomic E-state index is 12.0. The molecular formula is C14H25N5O2. The zero-order valence-electron chi connectivity index (χ0n) is 12.5. The van der Waals surface area contributed by atoms with Crippen molar-refractivity contribution in [1.29, 1.82) is 0 Å². The average molecular weight is 295 g/mol. The first-order chi connectivity index (χ1) is 10.3. The lowest BCUT2D eigenvalue weighted by Crippen LogP contribution is -2.37. The second-order valence-electron chi connectivity index (χ2n) is 5.42. The van der Waals surface area contributed by atoms with Gasteiger partial charge in [0.1, 0.15) is 0 Å². The van der Waals surface area contributed by atoms with E-state index in [1.165, 1.54) is 6.42 Å². The lowest BCUT2D eigenvalue weighted by molar-refractivity contribution is -0.131. The SMILES string of the molecule is O=C(CCNCc1cn(CCCO)nn1)N1CCCCC1. The standard InChI is InChI=1S/C14H25N5O2/c20-10-4-9-19-12-13(16-17-19)11-15-6-5-14(21)18-7-2-1-3-8-18/h12,15,20H,1-11H2. The van der Waals surface area contributed by atoms with Crippen LogP contribution >= 0.6 is 0 Å². The lowest BCUT2D eigenvalue weighted by atomic mass is 10.1. The zero-order valence-corrected chi connectivity index (χ0v) is 12.5. The number of aromatic nitrogens is 3. The van der Waals surface area contributed by atoms with E-state index in [-0.39, 0.29) is 12.5 Å². The van der Waals surface area contributed by atoms with E-state index in [0.29, 0.717) is 32.5 Å².